The third-order valence-corrected chi connectivity index (χ3v) is 7.18. The van der Waals surface area contributed by atoms with Gasteiger partial charge in [-0.2, -0.15) is 9.50 Å². The lowest BCUT2D eigenvalue weighted by atomic mass is 10.2. The molecule has 5 rings (SSSR count). The summed E-state index contributed by atoms with van der Waals surface area (Å²) in [5.74, 6) is 2.18. The van der Waals surface area contributed by atoms with Gasteiger partial charge in [-0.3, -0.25) is 4.79 Å². The van der Waals surface area contributed by atoms with Gasteiger partial charge in [-0.25, -0.2) is 4.98 Å². The Balaban J connectivity index is 1.23. The molecular weight excluding hydrogens is 502 g/mol. The fourth-order valence-electron chi connectivity index (χ4n) is 3.86. The highest BCUT2D eigenvalue weighted by atomic mass is 79.9. The molecule has 0 radical (unpaired) electrons. The maximum atomic E-state index is 12.3. The maximum Gasteiger partial charge on any atom is 0.256 e. The lowest BCUT2D eigenvalue weighted by molar-refractivity contribution is -0.115. The highest BCUT2D eigenvalue weighted by Crippen LogP contribution is 2.22. The molecule has 170 valence electrons. The average molecular weight is 526 g/mol. The predicted octanol–water partition coefficient (Wildman–Crippen LogP) is 4.65. The first-order chi connectivity index (χ1) is 16.0. The summed E-state index contributed by atoms with van der Waals surface area (Å²) in [5, 5.41) is 13.1. The normalized spacial score (nSPS) is 13.6. The van der Waals surface area contributed by atoms with Crippen LogP contribution in [0, 0.1) is 6.92 Å². The van der Waals surface area contributed by atoms with E-state index in [-0.39, 0.29) is 5.91 Å². The zero-order chi connectivity index (χ0) is 22.8. The minimum absolute atomic E-state index is 0.0233. The van der Waals surface area contributed by atoms with E-state index in [4.69, 9.17) is 0 Å². The number of halogens is 1. The standard InChI is InChI=1S/C23H24BrN7OS/c1-15-10-20(31-22(26-15)28-23(29-31)30-8-2-3-9-30)25-13-16-4-6-18(7-5-16)27-21(32)12-19-11-17(24)14-33-19/h4-7,10-11,14,25H,2-3,8-9,12-13H2,1H3,(H,27,32). The summed E-state index contributed by atoms with van der Waals surface area (Å²) >= 11 is 4.99. The van der Waals surface area contributed by atoms with E-state index >= 15 is 0 Å². The average Bonchev–Trinajstić information content (AvgIpc) is 3.54. The molecule has 2 N–H and O–H groups in total. The molecule has 0 aliphatic carbocycles. The Kier molecular flexibility index (Phi) is 6.28. The van der Waals surface area contributed by atoms with E-state index < -0.39 is 0 Å². The van der Waals surface area contributed by atoms with E-state index in [9.17, 15) is 4.79 Å². The van der Waals surface area contributed by atoms with Gasteiger partial charge in [-0.05, 0) is 59.5 Å². The lowest BCUT2D eigenvalue weighted by Gasteiger charge is -2.11. The molecule has 8 nitrogen and oxygen atoms in total. The van der Waals surface area contributed by atoms with Crippen LogP contribution in [0.1, 0.15) is 29.0 Å². The number of fused-ring (bicyclic) bond motifs is 1. The summed E-state index contributed by atoms with van der Waals surface area (Å²) < 4.78 is 2.78. The summed E-state index contributed by atoms with van der Waals surface area (Å²) in [5.41, 5.74) is 2.77. The second-order valence-corrected chi connectivity index (χ2v) is 10.0. The van der Waals surface area contributed by atoms with Crippen molar-refractivity contribution in [3.8, 4) is 0 Å². The van der Waals surface area contributed by atoms with Crippen LogP contribution >= 0.6 is 27.3 Å². The van der Waals surface area contributed by atoms with Gasteiger partial charge in [0.25, 0.3) is 5.78 Å². The number of hydrogen-bond donors (Lipinski definition) is 2. The quantitative estimate of drug-likeness (QED) is 0.365. The highest BCUT2D eigenvalue weighted by Gasteiger charge is 2.18. The van der Waals surface area contributed by atoms with Crippen molar-refractivity contribution >= 4 is 56.4 Å². The number of thiophene rings is 1. The summed E-state index contributed by atoms with van der Waals surface area (Å²) in [6, 6.07) is 11.8. The number of nitrogens with zero attached hydrogens (tertiary/aromatic N) is 5. The molecule has 33 heavy (non-hydrogen) atoms. The van der Waals surface area contributed by atoms with Gasteiger partial charge >= 0.3 is 0 Å². The van der Waals surface area contributed by atoms with E-state index in [1.807, 2.05) is 48.7 Å². The largest absolute Gasteiger partial charge is 0.366 e. The van der Waals surface area contributed by atoms with Gasteiger partial charge in [0.05, 0.1) is 6.42 Å². The first-order valence-corrected chi connectivity index (χ1v) is 12.6. The number of amides is 1. The minimum atomic E-state index is -0.0233. The Bertz CT molecular complexity index is 1280. The number of anilines is 3. The van der Waals surface area contributed by atoms with Crippen LogP contribution < -0.4 is 15.5 Å². The molecular formula is C23H24BrN7OS. The number of aromatic nitrogens is 4. The molecule has 4 aromatic rings. The zero-order valence-electron chi connectivity index (χ0n) is 18.2. The number of carbonyl (C=O) groups excluding carboxylic acids is 1. The van der Waals surface area contributed by atoms with Crippen LogP contribution in [0.3, 0.4) is 0 Å². The van der Waals surface area contributed by atoms with Gasteiger partial charge in [-0.1, -0.05) is 12.1 Å². The van der Waals surface area contributed by atoms with Crippen molar-refractivity contribution in [2.24, 2.45) is 0 Å². The number of rotatable bonds is 7. The molecule has 1 fully saturated rings. The van der Waals surface area contributed by atoms with Gasteiger partial charge in [0.2, 0.25) is 11.9 Å². The maximum absolute atomic E-state index is 12.3. The number of hydrogen-bond acceptors (Lipinski definition) is 7. The van der Waals surface area contributed by atoms with Crippen LogP contribution in [-0.2, 0) is 17.8 Å². The van der Waals surface area contributed by atoms with Gasteiger partial charge in [0.15, 0.2) is 0 Å². The Morgan fingerprint density at radius 2 is 1.94 bits per heavy atom. The van der Waals surface area contributed by atoms with Crippen molar-refractivity contribution < 1.29 is 4.79 Å². The highest BCUT2D eigenvalue weighted by molar-refractivity contribution is 9.10. The Morgan fingerprint density at radius 1 is 1.15 bits per heavy atom. The van der Waals surface area contributed by atoms with Crippen LogP contribution in [0.5, 0.6) is 0 Å². The van der Waals surface area contributed by atoms with E-state index in [0.29, 0.717) is 18.7 Å². The van der Waals surface area contributed by atoms with Crippen molar-refractivity contribution in [3.63, 3.8) is 0 Å². The topological polar surface area (TPSA) is 87.5 Å². The molecule has 0 bridgehead atoms. The van der Waals surface area contributed by atoms with Crippen molar-refractivity contribution in [3.05, 3.63) is 62.4 Å². The molecule has 1 aliphatic rings. The first kappa shape index (κ1) is 21.8. The Labute approximate surface area is 204 Å². The molecule has 10 heteroatoms. The molecule has 4 heterocycles. The molecule has 0 spiro atoms. The number of aryl methyl sites for hydroxylation is 1. The number of benzene rings is 1. The summed E-state index contributed by atoms with van der Waals surface area (Å²) in [4.78, 5) is 24.7. The SMILES string of the molecule is Cc1cc(NCc2ccc(NC(=O)Cc3cc(Br)cs3)cc2)n2nc(N3CCCC3)nc2n1. The Morgan fingerprint density at radius 3 is 2.67 bits per heavy atom. The monoisotopic (exact) mass is 525 g/mol. The predicted molar refractivity (Wildman–Crippen MR) is 135 cm³/mol. The van der Waals surface area contributed by atoms with Crippen molar-refractivity contribution in [1.82, 2.24) is 19.6 Å². The fourth-order valence-corrected chi connectivity index (χ4v) is 5.31. The van der Waals surface area contributed by atoms with Crippen LogP contribution in [-0.4, -0.2) is 38.6 Å². The molecule has 1 saturated heterocycles. The third kappa shape index (κ3) is 5.17. The molecule has 1 aromatic carbocycles. The van der Waals surface area contributed by atoms with E-state index in [1.54, 1.807) is 15.9 Å². The van der Waals surface area contributed by atoms with Gasteiger partial charge in [0, 0.05) is 51.8 Å². The van der Waals surface area contributed by atoms with Crippen LogP contribution in [0.2, 0.25) is 0 Å². The molecule has 3 aromatic heterocycles. The second-order valence-electron chi connectivity index (χ2n) is 8.11. The molecule has 0 unspecified atom stereocenters. The van der Waals surface area contributed by atoms with Crippen LogP contribution in [0.4, 0.5) is 17.5 Å². The number of nitrogens with one attached hydrogen (secondary N) is 2. The molecule has 1 aliphatic heterocycles. The summed E-state index contributed by atoms with van der Waals surface area (Å²) in [6.45, 7) is 4.56. The van der Waals surface area contributed by atoms with Gasteiger partial charge < -0.3 is 15.5 Å². The van der Waals surface area contributed by atoms with Crippen molar-refractivity contribution in [2.45, 2.75) is 32.7 Å². The minimum Gasteiger partial charge on any atom is -0.366 e. The Hall–Kier alpha value is -2.98. The second kappa shape index (κ2) is 9.48. The molecule has 1 amide bonds. The van der Waals surface area contributed by atoms with Crippen molar-refractivity contribution in [1.29, 1.82) is 0 Å². The molecule has 0 saturated carbocycles. The van der Waals surface area contributed by atoms with E-state index in [0.717, 1.165) is 51.2 Å². The van der Waals surface area contributed by atoms with E-state index in [1.165, 1.54) is 12.8 Å². The van der Waals surface area contributed by atoms with Gasteiger partial charge in [-0.15, -0.1) is 16.4 Å². The smallest absolute Gasteiger partial charge is 0.256 e. The lowest BCUT2D eigenvalue weighted by Crippen LogP contribution is -2.19. The third-order valence-electron chi connectivity index (χ3n) is 5.49. The summed E-state index contributed by atoms with van der Waals surface area (Å²) in [6.07, 6.45) is 2.72. The van der Waals surface area contributed by atoms with Crippen molar-refractivity contribution in [2.75, 3.05) is 28.6 Å². The first-order valence-electron chi connectivity index (χ1n) is 10.9. The van der Waals surface area contributed by atoms with Gasteiger partial charge in [0.1, 0.15) is 5.82 Å². The number of carbonyl (C=O) groups is 1. The fraction of sp³-hybridized carbons (Fsp3) is 0.304. The molecule has 0 atom stereocenters. The summed E-state index contributed by atoms with van der Waals surface area (Å²) in [7, 11) is 0. The van der Waals surface area contributed by atoms with Crippen LogP contribution in [0.25, 0.3) is 5.78 Å². The van der Waals surface area contributed by atoms with E-state index in [2.05, 4.69) is 46.5 Å². The zero-order valence-corrected chi connectivity index (χ0v) is 20.6. The van der Waals surface area contributed by atoms with Crippen LogP contribution in [0.15, 0.2) is 46.3 Å².